The number of rotatable bonds is 5. The van der Waals surface area contributed by atoms with E-state index >= 15 is 0 Å². The molecule has 3 aromatic rings. The molecule has 2 amide bonds. The summed E-state index contributed by atoms with van der Waals surface area (Å²) < 4.78 is 12.0. The van der Waals surface area contributed by atoms with E-state index in [1.54, 1.807) is 32.9 Å². The van der Waals surface area contributed by atoms with Gasteiger partial charge in [0.15, 0.2) is 5.82 Å². The fourth-order valence-electron chi connectivity index (χ4n) is 3.95. The summed E-state index contributed by atoms with van der Waals surface area (Å²) in [5, 5.41) is 49.4. The molecule has 1 saturated heterocycles. The van der Waals surface area contributed by atoms with Crippen molar-refractivity contribution in [3.63, 3.8) is 0 Å². The summed E-state index contributed by atoms with van der Waals surface area (Å²) in [6.45, 7) is 4.64. The highest BCUT2D eigenvalue weighted by Crippen LogP contribution is 2.40. The number of carbonyl (C=O) groups excluding carboxylic acids is 2. The molecule has 1 aromatic carbocycles. The molecule has 13 heteroatoms. The number of anilines is 2. The first-order valence-electron chi connectivity index (χ1n) is 11.3. The normalized spacial score (nSPS) is 23.4. The summed E-state index contributed by atoms with van der Waals surface area (Å²) in [7, 11) is 0. The first-order valence-corrected chi connectivity index (χ1v) is 11.3. The van der Waals surface area contributed by atoms with Crippen molar-refractivity contribution in [1.82, 2.24) is 14.6 Å². The monoisotopic (exact) mass is 510 g/mol. The molecule has 0 saturated carbocycles. The maximum Gasteiger partial charge on any atom is 0.412 e. The van der Waals surface area contributed by atoms with E-state index in [1.165, 1.54) is 28.8 Å². The Morgan fingerprint density at radius 2 is 1.89 bits per heavy atom. The van der Waals surface area contributed by atoms with Gasteiger partial charge in [-0.25, -0.2) is 14.3 Å². The Hall–Kier alpha value is -4.09. The van der Waals surface area contributed by atoms with Crippen molar-refractivity contribution >= 4 is 29.0 Å². The zero-order valence-corrected chi connectivity index (χ0v) is 20.2. The number of nitrogens with one attached hydrogen (secondary N) is 2. The fourth-order valence-corrected chi connectivity index (χ4v) is 3.95. The predicted molar refractivity (Wildman–Crippen MR) is 129 cm³/mol. The quantitative estimate of drug-likeness (QED) is 0.333. The second kappa shape index (κ2) is 9.75. The van der Waals surface area contributed by atoms with Crippen molar-refractivity contribution in [2.24, 2.45) is 0 Å². The summed E-state index contributed by atoms with van der Waals surface area (Å²) in [5.41, 5.74) is -1.57. The minimum Gasteiger partial charge on any atom is -0.444 e. The Kier molecular flexibility index (Phi) is 6.85. The number of aromatic nitrogens is 3. The molecule has 2 aromatic heterocycles. The molecular formula is C24H26N6O7. The lowest BCUT2D eigenvalue weighted by molar-refractivity contribution is -0.0643. The Morgan fingerprint density at radius 1 is 1.19 bits per heavy atom. The van der Waals surface area contributed by atoms with E-state index in [-0.39, 0.29) is 17.1 Å². The van der Waals surface area contributed by atoms with Gasteiger partial charge in [-0.05, 0) is 57.2 Å². The number of amides is 2. The number of hydrogen-bond donors (Lipinski definition) is 5. The highest BCUT2D eigenvalue weighted by Gasteiger charge is 2.57. The summed E-state index contributed by atoms with van der Waals surface area (Å²) in [6.07, 6.45) is -3.81. The maximum absolute atomic E-state index is 12.9. The molecule has 0 spiro atoms. The lowest BCUT2D eigenvalue weighted by Gasteiger charge is -2.24. The molecule has 194 valence electrons. The number of aliphatic hydroxyl groups excluding tert-OH is 3. The highest BCUT2D eigenvalue weighted by atomic mass is 16.6. The van der Waals surface area contributed by atoms with Gasteiger partial charge in [-0.1, -0.05) is 0 Å². The second-order valence-electron chi connectivity index (χ2n) is 9.40. The number of ether oxygens (including phenoxy) is 2. The molecule has 3 heterocycles. The third-order valence-corrected chi connectivity index (χ3v) is 5.66. The van der Waals surface area contributed by atoms with Crippen molar-refractivity contribution < 1.29 is 34.4 Å². The Morgan fingerprint density at radius 3 is 2.49 bits per heavy atom. The molecule has 0 aliphatic carbocycles. The SMILES string of the molecule is CC(C)(C)OC(=O)Nc1ccc(C(=O)Nc2ncnn3c([C@]4(C#N)O[C@H](CO)[C@@H](O)[C@H]4O)ccc23)cc1. The van der Waals surface area contributed by atoms with Gasteiger partial charge in [0.1, 0.15) is 41.8 Å². The van der Waals surface area contributed by atoms with Gasteiger partial charge in [0.2, 0.25) is 5.60 Å². The topological polar surface area (TPSA) is 191 Å². The first kappa shape index (κ1) is 26.0. The molecule has 13 nitrogen and oxygen atoms in total. The third kappa shape index (κ3) is 4.95. The van der Waals surface area contributed by atoms with Crippen LogP contribution in [0.1, 0.15) is 36.8 Å². The number of carbonyl (C=O) groups is 2. The van der Waals surface area contributed by atoms with E-state index in [0.29, 0.717) is 11.2 Å². The van der Waals surface area contributed by atoms with Crippen LogP contribution in [0.3, 0.4) is 0 Å². The Balaban J connectivity index is 1.55. The summed E-state index contributed by atoms with van der Waals surface area (Å²) >= 11 is 0. The van der Waals surface area contributed by atoms with E-state index in [4.69, 9.17) is 9.47 Å². The lowest BCUT2D eigenvalue weighted by atomic mass is 9.92. The van der Waals surface area contributed by atoms with Gasteiger partial charge in [-0.2, -0.15) is 10.4 Å². The van der Waals surface area contributed by atoms with Crippen molar-refractivity contribution in [1.29, 1.82) is 5.26 Å². The molecule has 37 heavy (non-hydrogen) atoms. The number of nitrogens with zero attached hydrogens (tertiary/aromatic N) is 4. The Labute approximate surface area is 211 Å². The summed E-state index contributed by atoms with van der Waals surface area (Å²) in [5.74, 6) is -0.392. The van der Waals surface area contributed by atoms with Gasteiger partial charge in [-0.15, -0.1) is 0 Å². The average Bonchev–Trinajstić information content (AvgIpc) is 3.39. The van der Waals surface area contributed by atoms with E-state index in [1.807, 2.05) is 6.07 Å². The molecule has 1 aliphatic heterocycles. The highest BCUT2D eigenvalue weighted by molar-refractivity contribution is 6.05. The molecule has 4 rings (SSSR count). The van der Waals surface area contributed by atoms with Crippen LogP contribution in [0, 0.1) is 11.3 Å². The molecule has 1 fully saturated rings. The zero-order chi connectivity index (χ0) is 27.0. The zero-order valence-electron chi connectivity index (χ0n) is 20.2. The van der Waals surface area contributed by atoms with Gasteiger partial charge in [0.05, 0.1) is 12.3 Å². The number of nitriles is 1. The van der Waals surface area contributed by atoms with Gasteiger partial charge in [0.25, 0.3) is 5.91 Å². The van der Waals surface area contributed by atoms with Crippen LogP contribution >= 0.6 is 0 Å². The second-order valence-corrected chi connectivity index (χ2v) is 9.40. The van der Waals surface area contributed by atoms with Crippen LogP contribution in [0.25, 0.3) is 5.52 Å². The fraction of sp³-hybridized carbons (Fsp3) is 0.375. The number of hydrogen-bond acceptors (Lipinski definition) is 10. The van der Waals surface area contributed by atoms with Crippen LogP contribution in [-0.4, -0.2) is 72.4 Å². The van der Waals surface area contributed by atoms with E-state index in [2.05, 4.69) is 20.7 Å². The molecule has 4 atom stereocenters. The molecule has 5 N–H and O–H groups in total. The van der Waals surface area contributed by atoms with Gasteiger partial charge >= 0.3 is 6.09 Å². The molecule has 0 bridgehead atoms. The number of benzene rings is 1. The van der Waals surface area contributed by atoms with Crippen molar-refractivity contribution in [2.45, 2.75) is 50.3 Å². The van der Waals surface area contributed by atoms with Crippen LogP contribution in [0.15, 0.2) is 42.7 Å². The van der Waals surface area contributed by atoms with E-state index in [0.717, 1.165) is 6.33 Å². The number of fused-ring (bicyclic) bond motifs is 1. The lowest BCUT2D eigenvalue weighted by Crippen LogP contribution is -2.40. The third-order valence-electron chi connectivity index (χ3n) is 5.66. The van der Waals surface area contributed by atoms with Crippen LogP contribution in [0.4, 0.5) is 16.3 Å². The van der Waals surface area contributed by atoms with Crippen molar-refractivity contribution in [3.05, 3.63) is 54.0 Å². The van der Waals surface area contributed by atoms with Crippen LogP contribution in [0.2, 0.25) is 0 Å². The molecule has 1 aliphatic rings. The smallest absolute Gasteiger partial charge is 0.412 e. The maximum atomic E-state index is 12.9. The largest absolute Gasteiger partial charge is 0.444 e. The van der Waals surface area contributed by atoms with Crippen LogP contribution in [-0.2, 0) is 15.1 Å². The average molecular weight is 511 g/mol. The molecule has 0 radical (unpaired) electrons. The Bertz CT molecular complexity index is 1360. The molecule has 0 unspecified atom stereocenters. The minimum absolute atomic E-state index is 0.0861. The number of aliphatic hydroxyl groups is 3. The van der Waals surface area contributed by atoms with Crippen molar-refractivity contribution in [3.8, 4) is 6.07 Å². The van der Waals surface area contributed by atoms with Crippen LogP contribution < -0.4 is 10.6 Å². The van der Waals surface area contributed by atoms with E-state index in [9.17, 15) is 30.2 Å². The minimum atomic E-state index is -2.01. The standard InChI is InChI=1S/C24H26N6O7/c1-23(2,3)37-22(35)28-14-6-4-13(5-7-14)21(34)29-20-15-8-9-17(30(15)27-12-26-20)24(11-25)19(33)18(32)16(10-31)36-24/h4-9,12,16,18-19,31-33H,10H2,1-3H3,(H,28,35)(H,26,27,29,34)/t16-,18-,19-,24+/m1/s1. The molecular weight excluding hydrogens is 484 g/mol. The first-order chi connectivity index (χ1) is 17.5. The van der Waals surface area contributed by atoms with Gasteiger partial charge in [0, 0.05) is 11.3 Å². The van der Waals surface area contributed by atoms with Gasteiger partial charge < -0.3 is 30.1 Å². The van der Waals surface area contributed by atoms with E-state index < -0.39 is 48.1 Å². The van der Waals surface area contributed by atoms with Crippen LogP contribution in [0.5, 0.6) is 0 Å². The summed E-state index contributed by atoms with van der Waals surface area (Å²) in [4.78, 5) is 28.9. The van der Waals surface area contributed by atoms with Crippen molar-refractivity contribution in [2.75, 3.05) is 17.2 Å². The summed E-state index contributed by atoms with van der Waals surface area (Å²) in [6, 6.07) is 11.0. The van der Waals surface area contributed by atoms with Gasteiger partial charge in [-0.3, -0.25) is 10.1 Å². The predicted octanol–water partition coefficient (Wildman–Crippen LogP) is 1.16.